The van der Waals surface area contributed by atoms with Gasteiger partial charge in [-0.2, -0.15) is 15.8 Å². The van der Waals surface area contributed by atoms with Gasteiger partial charge < -0.3 is 10.5 Å². The lowest BCUT2D eigenvalue weighted by molar-refractivity contribution is -0.135. The Balaban J connectivity index is 2.24. The highest BCUT2D eigenvalue weighted by atomic mass is 16.5. The Morgan fingerprint density at radius 2 is 1.64 bits per heavy atom. The summed E-state index contributed by atoms with van der Waals surface area (Å²) < 4.78 is 6.21. The predicted molar refractivity (Wildman–Crippen MR) is 87.8 cm³/mol. The molecule has 1 heterocycles. The summed E-state index contributed by atoms with van der Waals surface area (Å²) in [6.45, 7) is 0. The second kappa shape index (κ2) is 6.41. The van der Waals surface area contributed by atoms with Crippen molar-refractivity contribution in [3.8, 4) is 18.2 Å². The largest absolute Gasteiger partial charge is 0.492 e. The monoisotopic (exact) mass is 338 g/mol. The van der Waals surface area contributed by atoms with Gasteiger partial charge in [-0.15, -0.1) is 0 Å². The third kappa shape index (κ3) is 2.23. The third-order valence-electron chi connectivity index (χ3n) is 6.13. The predicted octanol–water partition coefficient (Wildman–Crippen LogP) is 2.82. The van der Waals surface area contributed by atoms with E-state index in [1.165, 1.54) is 0 Å². The molecule has 2 atom stereocenters. The van der Waals surface area contributed by atoms with Crippen LogP contribution in [0, 0.1) is 50.7 Å². The van der Waals surface area contributed by atoms with Crippen LogP contribution in [0.25, 0.3) is 0 Å². The average Bonchev–Trinajstić information content (AvgIpc) is 2.66. The number of hydrogen-bond donors (Lipinski definition) is 1. The number of nitriles is 3. The van der Waals surface area contributed by atoms with Crippen LogP contribution in [0.3, 0.4) is 0 Å². The molecular weight excluding hydrogens is 316 g/mol. The minimum Gasteiger partial charge on any atom is -0.492 e. The second-order valence-electron chi connectivity index (χ2n) is 7.30. The fourth-order valence-electron chi connectivity index (χ4n) is 4.86. The van der Waals surface area contributed by atoms with Crippen LogP contribution in [0.5, 0.6) is 0 Å². The number of carbonyl (C=O) groups is 1. The summed E-state index contributed by atoms with van der Waals surface area (Å²) >= 11 is 0. The van der Waals surface area contributed by atoms with E-state index >= 15 is 0 Å². The molecule has 1 amide bonds. The van der Waals surface area contributed by atoms with Crippen molar-refractivity contribution in [1.29, 1.82) is 15.8 Å². The van der Waals surface area contributed by atoms with Gasteiger partial charge in [0.05, 0.1) is 24.0 Å². The van der Waals surface area contributed by atoms with Gasteiger partial charge in [-0.1, -0.05) is 19.3 Å². The molecule has 130 valence electrons. The molecule has 0 aromatic carbocycles. The zero-order valence-electron chi connectivity index (χ0n) is 14.3. The summed E-state index contributed by atoms with van der Waals surface area (Å²) in [6, 6.07) is 6.07. The van der Waals surface area contributed by atoms with E-state index in [2.05, 4.69) is 0 Å². The molecule has 3 rings (SSSR count). The molecule has 6 nitrogen and oxygen atoms in total. The summed E-state index contributed by atoms with van der Waals surface area (Å²) in [4.78, 5) is 12.5. The van der Waals surface area contributed by atoms with E-state index in [1.807, 2.05) is 18.2 Å². The first-order valence-electron chi connectivity index (χ1n) is 9.00. The third-order valence-corrected chi connectivity index (χ3v) is 6.13. The molecule has 1 aliphatic heterocycles. The van der Waals surface area contributed by atoms with Gasteiger partial charge in [-0.3, -0.25) is 4.79 Å². The van der Waals surface area contributed by atoms with Crippen LogP contribution in [0.4, 0.5) is 0 Å². The van der Waals surface area contributed by atoms with Crippen molar-refractivity contribution in [2.75, 3.05) is 0 Å². The Morgan fingerprint density at radius 3 is 2.20 bits per heavy atom. The van der Waals surface area contributed by atoms with Crippen LogP contribution in [-0.4, -0.2) is 12.0 Å². The quantitative estimate of drug-likeness (QED) is 0.829. The van der Waals surface area contributed by atoms with Crippen LogP contribution in [0.2, 0.25) is 0 Å². The highest BCUT2D eigenvalue weighted by Crippen LogP contribution is 2.58. The topological polar surface area (TPSA) is 124 Å². The Labute approximate surface area is 147 Å². The van der Waals surface area contributed by atoms with Gasteiger partial charge in [-0.05, 0) is 43.6 Å². The molecule has 0 aromatic heterocycles. The van der Waals surface area contributed by atoms with Gasteiger partial charge in [-0.25, -0.2) is 0 Å². The lowest BCUT2D eigenvalue weighted by Crippen LogP contribution is -2.61. The van der Waals surface area contributed by atoms with E-state index in [4.69, 9.17) is 10.5 Å². The van der Waals surface area contributed by atoms with E-state index in [1.54, 1.807) is 0 Å². The van der Waals surface area contributed by atoms with Crippen molar-refractivity contribution in [2.24, 2.45) is 22.5 Å². The summed E-state index contributed by atoms with van der Waals surface area (Å²) in [5.74, 6) is -0.309. The maximum Gasteiger partial charge on any atom is 0.245 e. The maximum atomic E-state index is 12.5. The van der Waals surface area contributed by atoms with E-state index in [-0.39, 0.29) is 5.92 Å². The van der Waals surface area contributed by atoms with Crippen molar-refractivity contribution < 1.29 is 9.53 Å². The number of allylic oxidation sites excluding steroid dienone is 1. The SMILES string of the molecule is N#CC1(C#N)[C@H](C2CCCCC2)OC2=C(CCCC2)[C@@]1(C#N)C(N)=O. The van der Waals surface area contributed by atoms with Gasteiger partial charge in [0.25, 0.3) is 0 Å². The molecule has 0 saturated heterocycles. The molecule has 0 aromatic rings. The standard InChI is InChI=1S/C19H22N4O2/c20-10-18(11-21)16(13-6-2-1-3-7-13)25-15-9-5-4-8-14(15)19(18,12-22)17(23)24/h13,16H,1-9H2,(H2,23,24)/t16-,19-/m0/s1. The summed E-state index contributed by atoms with van der Waals surface area (Å²) in [5.41, 5.74) is 2.33. The molecule has 6 heteroatoms. The van der Waals surface area contributed by atoms with Gasteiger partial charge in [0, 0.05) is 6.42 Å². The Kier molecular flexibility index (Phi) is 4.44. The molecule has 25 heavy (non-hydrogen) atoms. The minimum atomic E-state index is -1.92. The van der Waals surface area contributed by atoms with Crippen molar-refractivity contribution in [2.45, 2.75) is 63.9 Å². The Hall–Kier alpha value is -2.52. The molecule has 1 saturated carbocycles. The molecule has 0 spiro atoms. The number of carbonyl (C=O) groups excluding carboxylic acids is 1. The zero-order chi connectivity index (χ0) is 18.1. The molecule has 2 N–H and O–H groups in total. The van der Waals surface area contributed by atoms with E-state index < -0.39 is 22.8 Å². The number of hydrogen-bond acceptors (Lipinski definition) is 5. The molecule has 3 aliphatic rings. The van der Waals surface area contributed by atoms with E-state index in [9.17, 15) is 20.6 Å². The first-order valence-corrected chi connectivity index (χ1v) is 9.00. The first kappa shape index (κ1) is 17.3. The van der Waals surface area contributed by atoms with Gasteiger partial charge in [0.1, 0.15) is 6.10 Å². The van der Waals surface area contributed by atoms with Crippen LogP contribution in [0.1, 0.15) is 57.8 Å². The molecule has 1 fully saturated rings. The minimum absolute atomic E-state index is 0.0175. The fourth-order valence-corrected chi connectivity index (χ4v) is 4.86. The number of nitrogens with zero attached hydrogens (tertiary/aromatic N) is 3. The fraction of sp³-hybridized carbons (Fsp3) is 0.684. The molecule has 0 bridgehead atoms. The molecule has 0 unspecified atom stereocenters. The van der Waals surface area contributed by atoms with Crippen LogP contribution >= 0.6 is 0 Å². The van der Waals surface area contributed by atoms with Crippen LogP contribution in [0.15, 0.2) is 11.3 Å². The molecule has 0 radical (unpaired) electrons. The second-order valence-corrected chi connectivity index (χ2v) is 7.30. The van der Waals surface area contributed by atoms with Crippen molar-refractivity contribution >= 4 is 5.91 Å². The maximum absolute atomic E-state index is 12.5. The van der Waals surface area contributed by atoms with Gasteiger partial charge in [0.2, 0.25) is 11.3 Å². The number of primary amides is 1. The normalized spacial score (nSPS) is 31.6. The van der Waals surface area contributed by atoms with Gasteiger partial charge in [0.15, 0.2) is 5.41 Å². The number of amides is 1. The summed E-state index contributed by atoms with van der Waals surface area (Å²) in [6.07, 6.45) is 6.78. The number of ether oxygens (including phenoxy) is 1. The van der Waals surface area contributed by atoms with Gasteiger partial charge >= 0.3 is 0 Å². The highest BCUT2D eigenvalue weighted by Gasteiger charge is 2.69. The Morgan fingerprint density at radius 1 is 1.00 bits per heavy atom. The first-order chi connectivity index (χ1) is 12.1. The van der Waals surface area contributed by atoms with E-state index in [0.29, 0.717) is 24.2 Å². The van der Waals surface area contributed by atoms with Crippen molar-refractivity contribution in [1.82, 2.24) is 0 Å². The van der Waals surface area contributed by atoms with Crippen molar-refractivity contribution in [3.63, 3.8) is 0 Å². The Bertz CT molecular complexity index is 716. The lowest BCUT2D eigenvalue weighted by Gasteiger charge is -2.50. The lowest BCUT2D eigenvalue weighted by atomic mass is 9.53. The summed E-state index contributed by atoms with van der Waals surface area (Å²) in [5, 5.41) is 30.1. The molecule has 2 aliphatic carbocycles. The number of rotatable bonds is 2. The molecular formula is C19H22N4O2. The van der Waals surface area contributed by atoms with Crippen molar-refractivity contribution in [3.05, 3.63) is 11.3 Å². The smallest absolute Gasteiger partial charge is 0.245 e. The summed E-state index contributed by atoms with van der Waals surface area (Å²) in [7, 11) is 0. The zero-order valence-corrected chi connectivity index (χ0v) is 14.3. The number of nitrogens with two attached hydrogens (primary N) is 1. The highest BCUT2D eigenvalue weighted by molar-refractivity contribution is 5.90. The average molecular weight is 338 g/mol. The van der Waals surface area contributed by atoms with E-state index in [0.717, 1.165) is 44.9 Å². The van der Waals surface area contributed by atoms with Crippen LogP contribution < -0.4 is 5.73 Å². The van der Waals surface area contributed by atoms with Crippen LogP contribution in [-0.2, 0) is 9.53 Å².